The molecule has 0 bridgehead atoms. The number of hydrogen-bond acceptors (Lipinski definition) is 0. The average molecular weight is 110 g/mol. The fraction of sp³-hybridized carbons (Fsp3) is 0.500. The van der Waals surface area contributed by atoms with Crippen LogP contribution in [0.5, 0.6) is 0 Å². The molecule has 0 saturated heterocycles. The zero-order chi connectivity index (χ0) is 7.41. The van der Waals surface area contributed by atoms with Gasteiger partial charge in [0.25, 0.3) is 0 Å². The molecule has 0 aliphatic carbocycles. The Kier molecular flexibility index (Phi) is 251. The van der Waals surface area contributed by atoms with E-state index in [1.807, 2.05) is 13.8 Å². The van der Waals surface area contributed by atoms with Crippen molar-refractivity contribution < 1.29 is 0 Å². The third-order valence-corrected chi connectivity index (χ3v) is 0. The van der Waals surface area contributed by atoms with Crippen LogP contribution in [0.15, 0.2) is 0 Å². The molecule has 0 aromatic carbocycles. The van der Waals surface area contributed by atoms with E-state index in [9.17, 15) is 0 Å². The Balaban J connectivity index is -0.0000000483. The van der Waals surface area contributed by atoms with Crippen molar-refractivity contribution in [3.8, 4) is 24.7 Å². The smallest absolute Gasteiger partial charge is 0.00297 e. The van der Waals surface area contributed by atoms with Crippen molar-refractivity contribution in [2.75, 3.05) is 0 Å². The van der Waals surface area contributed by atoms with E-state index in [1.165, 1.54) is 0 Å². The molecule has 0 rings (SSSR count). The quantitative estimate of drug-likeness (QED) is 0.420. The van der Waals surface area contributed by atoms with E-state index in [1.54, 1.807) is 13.8 Å². The highest BCUT2D eigenvalue weighted by molar-refractivity contribution is 4.73. The summed E-state index contributed by atoms with van der Waals surface area (Å²) in [6.45, 7) is 7.31. The molecule has 0 spiro atoms. The fourth-order valence-electron chi connectivity index (χ4n) is 0. The maximum absolute atomic E-state index is 4.60. The Labute approximate surface area is 53.3 Å². The summed E-state index contributed by atoms with van der Waals surface area (Å²) in [6.07, 6.45) is 9.19. The maximum atomic E-state index is 4.60. The topological polar surface area (TPSA) is 0 Å². The molecule has 0 amide bonds. The molecule has 8 heavy (non-hydrogen) atoms. The second-order valence-corrected chi connectivity index (χ2v) is 0.577. The normalized spacial score (nSPS) is 2.75. The molecule has 0 heterocycles. The highest BCUT2D eigenvalue weighted by Gasteiger charge is 1.09. The van der Waals surface area contributed by atoms with Crippen molar-refractivity contribution >= 4 is 0 Å². The van der Waals surface area contributed by atoms with Gasteiger partial charge in [-0.25, -0.2) is 0 Å². The van der Waals surface area contributed by atoms with Gasteiger partial charge in [-0.3, -0.25) is 0 Å². The summed E-state index contributed by atoms with van der Waals surface area (Å²) in [5.41, 5.74) is 0. The van der Waals surface area contributed by atoms with E-state index in [4.69, 9.17) is 0 Å². The fourth-order valence-corrected chi connectivity index (χ4v) is 0. The molecular weight excluding hydrogens is 96.1 g/mol. The van der Waals surface area contributed by atoms with Gasteiger partial charge in [0.15, 0.2) is 0 Å². The van der Waals surface area contributed by atoms with Crippen LogP contribution in [0, 0.1) is 24.7 Å². The minimum atomic E-state index is 1.65. The van der Waals surface area contributed by atoms with E-state index in [0.717, 1.165) is 0 Å². The molecule has 0 aromatic heterocycles. The SMILES string of the molecule is C#CC.C#CC.CC. The zero-order valence-corrected chi connectivity index (χ0v) is 6.15. The Morgan fingerprint density at radius 2 is 0.875 bits per heavy atom. The van der Waals surface area contributed by atoms with E-state index >= 15 is 0 Å². The van der Waals surface area contributed by atoms with Crippen molar-refractivity contribution in [3.05, 3.63) is 0 Å². The Morgan fingerprint density at radius 1 is 0.875 bits per heavy atom. The molecule has 0 aliphatic rings. The van der Waals surface area contributed by atoms with Crippen LogP contribution in [0.25, 0.3) is 0 Å². The third-order valence-electron chi connectivity index (χ3n) is 0. The molecule has 0 unspecified atom stereocenters. The predicted molar refractivity (Wildman–Crippen MR) is 40.4 cm³/mol. The molecular formula is C8H14. The van der Waals surface area contributed by atoms with Crippen molar-refractivity contribution in [2.45, 2.75) is 27.7 Å². The van der Waals surface area contributed by atoms with Crippen LogP contribution in [-0.2, 0) is 0 Å². The van der Waals surface area contributed by atoms with Gasteiger partial charge in [0.2, 0.25) is 0 Å². The Morgan fingerprint density at radius 3 is 0.875 bits per heavy atom. The van der Waals surface area contributed by atoms with Crippen molar-refractivity contribution in [3.63, 3.8) is 0 Å². The van der Waals surface area contributed by atoms with E-state index in [0.29, 0.717) is 0 Å². The van der Waals surface area contributed by atoms with Crippen LogP contribution in [0.4, 0.5) is 0 Å². The van der Waals surface area contributed by atoms with Gasteiger partial charge in [-0.15, -0.1) is 24.7 Å². The summed E-state index contributed by atoms with van der Waals surface area (Å²) in [5.74, 6) is 4.50. The highest BCUT2D eigenvalue weighted by atomic mass is 13.2. The molecule has 0 aromatic rings. The lowest BCUT2D eigenvalue weighted by atomic mass is 10.9. The molecule has 0 saturated carbocycles. The summed E-state index contributed by atoms with van der Waals surface area (Å²) >= 11 is 0. The Bertz CT molecular complexity index is 55.0. The molecule has 46 valence electrons. The van der Waals surface area contributed by atoms with Crippen molar-refractivity contribution in [2.24, 2.45) is 0 Å². The third kappa shape index (κ3) is 112. The first-order chi connectivity index (χ1) is 3.83. The van der Waals surface area contributed by atoms with E-state index < -0.39 is 0 Å². The van der Waals surface area contributed by atoms with Crippen molar-refractivity contribution in [1.82, 2.24) is 0 Å². The molecule has 0 aliphatic heterocycles. The van der Waals surface area contributed by atoms with Crippen molar-refractivity contribution in [1.29, 1.82) is 0 Å². The van der Waals surface area contributed by atoms with Crippen LogP contribution < -0.4 is 0 Å². The van der Waals surface area contributed by atoms with Gasteiger partial charge in [-0.1, -0.05) is 13.8 Å². The van der Waals surface area contributed by atoms with Gasteiger partial charge in [0.1, 0.15) is 0 Å². The van der Waals surface area contributed by atoms with Crippen LogP contribution in [-0.4, -0.2) is 0 Å². The van der Waals surface area contributed by atoms with Gasteiger partial charge in [0.05, 0.1) is 0 Å². The largest absolute Gasteiger partial charge is 0.120 e. The molecule has 0 N–H and O–H groups in total. The lowest BCUT2D eigenvalue weighted by Gasteiger charge is -1.23. The Hall–Kier alpha value is -0.880. The van der Waals surface area contributed by atoms with Crippen LogP contribution in [0.3, 0.4) is 0 Å². The number of rotatable bonds is 0. The van der Waals surface area contributed by atoms with E-state index in [2.05, 4.69) is 24.7 Å². The second-order valence-electron chi connectivity index (χ2n) is 0.577. The lowest BCUT2D eigenvalue weighted by Crippen LogP contribution is -1.10. The predicted octanol–water partition coefficient (Wildman–Crippen LogP) is 2.31. The monoisotopic (exact) mass is 110 g/mol. The van der Waals surface area contributed by atoms with Gasteiger partial charge >= 0.3 is 0 Å². The van der Waals surface area contributed by atoms with E-state index in [-0.39, 0.29) is 0 Å². The lowest BCUT2D eigenvalue weighted by molar-refractivity contribution is 1.50. The molecule has 0 nitrogen and oxygen atoms in total. The van der Waals surface area contributed by atoms with Crippen LogP contribution in [0.2, 0.25) is 0 Å². The first-order valence-corrected chi connectivity index (χ1v) is 2.58. The first kappa shape index (κ1) is 15.7. The molecule has 0 heteroatoms. The second kappa shape index (κ2) is 128. The minimum absolute atomic E-state index is 1.65. The molecule has 0 atom stereocenters. The summed E-state index contributed by atoms with van der Waals surface area (Å²) in [4.78, 5) is 0. The zero-order valence-electron chi connectivity index (χ0n) is 6.15. The molecule has 0 fully saturated rings. The van der Waals surface area contributed by atoms with Gasteiger partial charge in [-0.2, -0.15) is 0 Å². The number of hydrogen-bond donors (Lipinski definition) is 0. The minimum Gasteiger partial charge on any atom is -0.120 e. The summed E-state index contributed by atoms with van der Waals surface area (Å²) < 4.78 is 0. The standard InChI is InChI=1S/2C3H4.C2H6/c2*1-3-2;1-2/h2*1H,2H3;1-2H3. The maximum Gasteiger partial charge on any atom is -0.00297 e. The van der Waals surface area contributed by atoms with Gasteiger partial charge < -0.3 is 0 Å². The first-order valence-electron chi connectivity index (χ1n) is 2.58. The summed E-state index contributed by atoms with van der Waals surface area (Å²) in [7, 11) is 0. The number of terminal acetylenes is 2. The highest BCUT2D eigenvalue weighted by Crippen LogP contribution is 1.22. The van der Waals surface area contributed by atoms with Crippen LogP contribution >= 0.6 is 0 Å². The van der Waals surface area contributed by atoms with Gasteiger partial charge in [-0.05, 0) is 13.8 Å². The molecule has 0 radical (unpaired) electrons. The van der Waals surface area contributed by atoms with Gasteiger partial charge in [0, 0.05) is 0 Å². The summed E-state index contributed by atoms with van der Waals surface area (Å²) in [5, 5.41) is 0. The van der Waals surface area contributed by atoms with Crippen LogP contribution in [0.1, 0.15) is 27.7 Å². The summed E-state index contributed by atoms with van der Waals surface area (Å²) in [6, 6.07) is 0. The average Bonchev–Trinajstić information content (AvgIpc) is 1.75.